The fourth-order valence-corrected chi connectivity index (χ4v) is 3.89. The third-order valence-corrected chi connectivity index (χ3v) is 5.41. The molecular formula is C22H18N4O4S. The van der Waals surface area contributed by atoms with E-state index in [1.54, 1.807) is 42.6 Å². The molecule has 0 radical (unpaired) electrons. The minimum absolute atomic E-state index is 0.0859. The number of nitrogens with zero attached hydrogens (tertiary/aromatic N) is 4. The fraction of sp³-hybridized carbons (Fsp3) is 0.136. The van der Waals surface area contributed by atoms with E-state index in [-0.39, 0.29) is 23.6 Å². The number of pyridine rings is 1. The topological polar surface area (TPSA) is 100 Å². The first kappa shape index (κ1) is 20.5. The number of hydrogen-bond acceptors (Lipinski definition) is 7. The molecule has 0 aliphatic rings. The molecule has 0 saturated carbocycles. The molecular weight excluding hydrogens is 416 g/mol. The van der Waals surface area contributed by atoms with Gasteiger partial charge in [-0.3, -0.25) is 14.9 Å². The molecule has 0 fully saturated rings. The number of rotatable bonds is 7. The lowest BCUT2D eigenvalue weighted by atomic mass is 10.2. The third-order valence-electron chi connectivity index (χ3n) is 4.51. The average Bonchev–Trinajstić information content (AvgIpc) is 2.77. The van der Waals surface area contributed by atoms with Gasteiger partial charge in [0.2, 0.25) is 0 Å². The summed E-state index contributed by atoms with van der Waals surface area (Å²) in [7, 11) is 0. The Morgan fingerprint density at radius 1 is 1.13 bits per heavy atom. The van der Waals surface area contributed by atoms with Crippen LogP contribution in [0.3, 0.4) is 0 Å². The number of aryl methyl sites for hydroxylation is 1. The van der Waals surface area contributed by atoms with Gasteiger partial charge < -0.3 is 4.74 Å². The summed E-state index contributed by atoms with van der Waals surface area (Å²) in [6, 6.07) is 17.1. The summed E-state index contributed by atoms with van der Waals surface area (Å²) in [5.74, 6) is 1.13. The van der Waals surface area contributed by atoms with E-state index in [9.17, 15) is 14.9 Å². The Balaban J connectivity index is 1.62. The Morgan fingerprint density at radius 3 is 2.71 bits per heavy atom. The monoisotopic (exact) mass is 434 g/mol. The molecule has 0 aliphatic heterocycles. The van der Waals surface area contributed by atoms with Crippen molar-refractivity contribution in [3.63, 3.8) is 0 Å². The van der Waals surface area contributed by atoms with Crippen LogP contribution in [0.2, 0.25) is 0 Å². The number of aromatic nitrogens is 3. The number of fused-ring (bicyclic) bond motifs is 1. The highest BCUT2D eigenvalue weighted by Crippen LogP contribution is 2.26. The van der Waals surface area contributed by atoms with Crippen LogP contribution in [0.25, 0.3) is 16.7 Å². The quantitative estimate of drug-likeness (QED) is 0.141. The number of hydrogen-bond donors (Lipinski definition) is 0. The van der Waals surface area contributed by atoms with Crippen LogP contribution in [-0.4, -0.2) is 31.8 Å². The van der Waals surface area contributed by atoms with Crippen molar-refractivity contribution in [2.24, 2.45) is 0 Å². The van der Waals surface area contributed by atoms with Gasteiger partial charge in [0.25, 0.3) is 5.56 Å². The predicted octanol–water partition coefficient (Wildman–Crippen LogP) is 4.17. The lowest BCUT2D eigenvalue weighted by Crippen LogP contribution is -2.23. The van der Waals surface area contributed by atoms with Crippen molar-refractivity contribution in [2.45, 2.75) is 12.1 Å². The summed E-state index contributed by atoms with van der Waals surface area (Å²) < 4.78 is 7.10. The minimum Gasteiger partial charge on any atom is -0.486 e. The van der Waals surface area contributed by atoms with Gasteiger partial charge in [-0.1, -0.05) is 36.0 Å². The first-order valence-electron chi connectivity index (χ1n) is 9.48. The molecule has 4 aromatic rings. The van der Waals surface area contributed by atoms with Gasteiger partial charge in [-0.25, -0.2) is 14.5 Å². The van der Waals surface area contributed by atoms with E-state index >= 15 is 0 Å². The molecule has 4 rings (SSSR count). The summed E-state index contributed by atoms with van der Waals surface area (Å²) in [5.41, 5.74) is 1.28. The Morgan fingerprint density at radius 2 is 1.90 bits per heavy atom. The molecule has 0 bridgehead atoms. The van der Waals surface area contributed by atoms with Crippen LogP contribution in [0, 0.1) is 17.0 Å². The lowest BCUT2D eigenvalue weighted by molar-refractivity contribution is -0.385. The zero-order valence-electron chi connectivity index (χ0n) is 16.6. The maximum atomic E-state index is 13.2. The normalized spacial score (nSPS) is 10.9. The van der Waals surface area contributed by atoms with Gasteiger partial charge in [0.05, 0.1) is 22.4 Å². The first-order valence-corrected chi connectivity index (χ1v) is 10.5. The number of benzene rings is 2. The molecule has 0 N–H and O–H groups in total. The van der Waals surface area contributed by atoms with E-state index < -0.39 is 4.92 Å². The molecule has 0 amide bonds. The van der Waals surface area contributed by atoms with E-state index in [0.29, 0.717) is 27.6 Å². The molecule has 0 spiro atoms. The van der Waals surface area contributed by atoms with E-state index in [2.05, 4.69) is 9.97 Å². The lowest BCUT2D eigenvalue weighted by Gasteiger charge is -2.13. The van der Waals surface area contributed by atoms with Crippen LogP contribution in [0.4, 0.5) is 5.69 Å². The van der Waals surface area contributed by atoms with Crippen LogP contribution in [0.15, 0.2) is 76.8 Å². The smallest absolute Gasteiger partial charge is 0.310 e. The van der Waals surface area contributed by atoms with Gasteiger partial charge in [-0.05, 0) is 42.8 Å². The van der Waals surface area contributed by atoms with Gasteiger partial charge >= 0.3 is 5.69 Å². The van der Waals surface area contributed by atoms with E-state index in [1.807, 2.05) is 25.1 Å². The molecule has 31 heavy (non-hydrogen) atoms. The van der Waals surface area contributed by atoms with Crippen molar-refractivity contribution in [1.82, 2.24) is 14.5 Å². The van der Waals surface area contributed by atoms with Gasteiger partial charge in [-0.2, -0.15) is 0 Å². The number of nitro groups is 1. The van der Waals surface area contributed by atoms with Gasteiger partial charge in [-0.15, -0.1) is 0 Å². The van der Waals surface area contributed by atoms with Crippen molar-refractivity contribution in [3.05, 3.63) is 92.9 Å². The number of nitro benzene ring substituents is 1. The summed E-state index contributed by atoms with van der Waals surface area (Å²) in [5, 5.41) is 12.1. The minimum atomic E-state index is -0.478. The fourth-order valence-electron chi connectivity index (χ4n) is 3.07. The molecule has 0 unspecified atom stereocenters. The van der Waals surface area contributed by atoms with Crippen molar-refractivity contribution in [1.29, 1.82) is 0 Å². The molecule has 8 nitrogen and oxygen atoms in total. The van der Waals surface area contributed by atoms with Crippen molar-refractivity contribution in [2.75, 3.05) is 12.4 Å². The molecule has 156 valence electrons. The average molecular weight is 434 g/mol. The number of para-hydroxylation sites is 3. The molecule has 0 aliphatic carbocycles. The third kappa shape index (κ3) is 4.41. The summed E-state index contributed by atoms with van der Waals surface area (Å²) in [4.78, 5) is 32.9. The van der Waals surface area contributed by atoms with Crippen LogP contribution in [-0.2, 0) is 0 Å². The highest BCUT2D eigenvalue weighted by atomic mass is 32.2. The van der Waals surface area contributed by atoms with E-state index in [4.69, 9.17) is 4.74 Å². The maximum absolute atomic E-state index is 13.2. The van der Waals surface area contributed by atoms with Gasteiger partial charge in [0.15, 0.2) is 10.9 Å². The molecule has 2 aromatic carbocycles. The Bertz CT molecular complexity index is 1320. The van der Waals surface area contributed by atoms with Crippen LogP contribution in [0.1, 0.15) is 5.56 Å². The van der Waals surface area contributed by atoms with E-state index in [0.717, 1.165) is 5.56 Å². The SMILES string of the molecule is Cc1ccnc(-n2c(SCCOc3ccccc3[N+](=O)[O-])nc3ccccc3c2=O)c1. The first-order chi connectivity index (χ1) is 15.0. The zero-order chi connectivity index (χ0) is 21.8. The Labute approximate surface area is 181 Å². The molecule has 2 heterocycles. The summed E-state index contributed by atoms with van der Waals surface area (Å²) in [6.07, 6.45) is 1.65. The standard InChI is InChI=1S/C22H18N4O4S/c1-15-10-11-23-20(14-15)25-21(27)16-6-2-3-7-17(16)24-22(25)31-13-12-30-19-9-5-4-8-18(19)26(28)29/h2-11,14H,12-13H2,1H3. The highest BCUT2D eigenvalue weighted by Gasteiger charge is 2.16. The van der Waals surface area contributed by atoms with Crippen molar-refractivity contribution < 1.29 is 9.66 Å². The Hall–Kier alpha value is -3.72. The second kappa shape index (κ2) is 8.97. The number of thioether (sulfide) groups is 1. The second-order valence-electron chi connectivity index (χ2n) is 6.67. The molecule has 0 saturated heterocycles. The predicted molar refractivity (Wildman–Crippen MR) is 119 cm³/mol. The summed E-state index contributed by atoms with van der Waals surface area (Å²) >= 11 is 1.33. The Kier molecular flexibility index (Phi) is 5.94. The number of ether oxygens (including phenoxy) is 1. The van der Waals surface area contributed by atoms with Crippen molar-refractivity contribution in [3.8, 4) is 11.6 Å². The van der Waals surface area contributed by atoms with Crippen LogP contribution in [0.5, 0.6) is 5.75 Å². The van der Waals surface area contributed by atoms with Gasteiger partial charge in [0, 0.05) is 18.0 Å². The van der Waals surface area contributed by atoms with E-state index in [1.165, 1.54) is 22.4 Å². The molecule has 0 atom stereocenters. The van der Waals surface area contributed by atoms with Crippen molar-refractivity contribution >= 4 is 28.4 Å². The molecule has 9 heteroatoms. The van der Waals surface area contributed by atoms with Crippen LogP contribution >= 0.6 is 11.8 Å². The second-order valence-corrected chi connectivity index (χ2v) is 7.73. The molecule has 2 aromatic heterocycles. The maximum Gasteiger partial charge on any atom is 0.310 e. The zero-order valence-corrected chi connectivity index (χ0v) is 17.4. The van der Waals surface area contributed by atoms with Crippen LogP contribution < -0.4 is 10.3 Å². The van der Waals surface area contributed by atoms with Gasteiger partial charge in [0.1, 0.15) is 5.82 Å². The largest absolute Gasteiger partial charge is 0.486 e. The summed E-state index contributed by atoms with van der Waals surface area (Å²) in [6.45, 7) is 2.14. The highest BCUT2D eigenvalue weighted by molar-refractivity contribution is 7.99.